The number of rotatable bonds is 3. The summed E-state index contributed by atoms with van der Waals surface area (Å²) in [7, 11) is 0. The van der Waals surface area contributed by atoms with Crippen molar-refractivity contribution >= 4 is 23.5 Å². The van der Waals surface area contributed by atoms with Crippen LogP contribution in [-0.4, -0.2) is 48.2 Å². The first-order valence-corrected chi connectivity index (χ1v) is 9.71. The molecule has 0 bridgehead atoms. The molecule has 0 aromatic heterocycles. The van der Waals surface area contributed by atoms with Crippen molar-refractivity contribution in [3.63, 3.8) is 0 Å². The summed E-state index contributed by atoms with van der Waals surface area (Å²) in [5, 5.41) is 9.89. The number of carboxylic acid groups (broad SMARTS) is 1. The van der Waals surface area contributed by atoms with Gasteiger partial charge in [0.25, 0.3) is 0 Å². The molecule has 1 aromatic carbocycles. The Labute approximate surface area is 158 Å². The maximum atomic E-state index is 13.6. The van der Waals surface area contributed by atoms with E-state index in [9.17, 15) is 14.7 Å². The summed E-state index contributed by atoms with van der Waals surface area (Å²) in [6.07, 6.45) is 3.59. The molecule has 1 unspecified atom stereocenters. The molecule has 1 saturated carbocycles. The number of carbonyl (C=O) groups excluding carboxylic acids is 1. The number of hydrogen-bond donors (Lipinski definition) is 1. The molecule has 4 rings (SSSR count). The summed E-state index contributed by atoms with van der Waals surface area (Å²) in [6, 6.07) is 7.61. The predicted molar refractivity (Wildman–Crippen MR) is 97.2 cm³/mol. The summed E-state index contributed by atoms with van der Waals surface area (Å²) in [5.41, 5.74) is 0.192. The van der Waals surface area contributed by atoms with Crippen LogP contribution in [0.5, 0.6) is 0 Å². The number of aliphatic carboxylic acids is 1. The minimum atomic E-state index is -0.693. The number of nitrogens with zero attached hydrogens (tertiary/aromatic N) is 1. The third-order valence-electron chi connectivity index (χ3n) is 6.68. The van der Waals surface area contributed by atoms with Crippen LogP contribution in [0.25, 0.3) is 0 Å². The Morgan fingerprint density at radius 2 is 1.77 bits per heavy atom. The molecule has 1 atom stereocenters. The van der Waals surface area contributed by atoms with E-state index in [0.717, 1.165) is 24.8 Å². The van der Waals surface area contributed by atoms with Crippen LogP contribution in [0, 0.1) is 11.3 Å². The van der Waals surface area contributed by atoms with E-state index < -0.39 is 11.4 Å². The topological polar surface area (TPSA) is 66.8 Å². The molecule has 0 radical (unpaired) electrons. The fraction of sp³-hybridized carbons (Fsp3) is 0.600. The van der Waals surface area contributed by atoms with E-state index in [-0.39, 0.29) is 17.2 Å². The van der Waals surface area contributed by atoms with E-state index in [1.165, 1.54) is 0 Å². The molecule has 1 aromatic rings. The quantitative estimate of drug-likeness (QED) is 0.878. The second-order valence-electron chi connectivity index (χ2n) is 7.92. The second-order valence-corrected chi connectivity index (χ2v) is 8.33. The molecule has 26 heavy (non-hydrogen) atoms. The molecule has 2 heterocycles. The number of piperidine rings is 1. The lowest BCUT2D eigenvalue weighted by Crippen LogP contribution is -2.52. The molecular weight excluding hydrogens is 354 g/mol. The van der Waals surface area contributed by atoms with Crippen molar-refractivity contribution in [2.45, 2.75) is 37.5 Å². The highest BCUT2D eigenvalue weighted by atomic mass is 35.5. The van der Waals surface area contributed by atoms with Crippen molar-refractivity contribution in [1.82, 2.24) is 4.90 Å². The van der Waals surface area contributed by atoms with E-state index in [1.54, 1.807) is 0 Å². The number of ether oxygens (including phenoxy) is 1. The maximum absolute atomic E-state index is 13.6. The predicted octanol–water partition coefficient (Wildman–Crippen LogP) is 3.10. The number of carboxylic acids is 1. The Morgan fingerprint density at radius 3 is 2.35 bits per heavy atom. The average Bonchev–Trinajstić information content (AvgIpc) is 3.36. The van der Waals surface area contributed by atoms with Crippen molar-refractivity contribution < 1.29 is 19.4 Å². The van der Waals surface area contributed by atoms with Gasteiger partial charge in [0.05, 0.1) is 11.3 Å². The molecule has 140 valence electrons. The highest BCUT2D eigenvalue weighted by Crippen LogP contribution is 2.59. The van der Waals surface area contributed by atoms with Crippen LogP contribution in [0.3, 0.4) is 0 Å². The van der Waals surface area contributed by atoms with Crippen LogP contribution in [0.2, 0.25) is 5.02 Å². The third kappa shape index (κ3) is 2.81. The zero-order chi connectivity index (χ0) is 18.4. The molecule has 3 fully saturated rings. The van der Waals surface area contributed by atoms with Gasteiger partial charge in [-0.2, -0.15) is 0 Å². The third-order valence-corrected chi connectivity index (χ3v) is 7.01. The highest BCUT2D eigenvalue weighted by Gasteiger charge is 2.59. The number of halogens is 1. The Kier molecular flexibility index (Phi) is 4.48. The molecular formula is C20H24ClNO4. The SMILES string of the molecule is O=C(O)C1CC12CCN(C(=O)C1(c3ccccc3Cl)CCOCC1)CC2. The molecule has 5 nitrogen and oxygen atoms in total. The first kappa shape index (κ1) is 17.8. The average molecular weight is 378 g/mol. The molecule has 1 N–H and O–H groups in total. The minimum Gasteiger partial charge on any atom is -0.481 e. The Morgan fingerprint density at radius 1 is 1.12 bits per heavy atom. The number of likely N-dealkylation sites (tertiary alicyclic amines) is 1. The maximum Gasteiger partial charge on any atom is 0.307 e. The fourth-order valence-corrected chi connectivity index (χ4v) is 5.19. The summed E-state index contributed by atoms with van der Waals surface area (Å²) < 4.78 is 5.53. The van der Waals surface area contributed by atoms with E-state index in [2.05, 4.69) is 0 Å². The lowest BCUT2D eigenvalue weighted by Gasteiger charge is -2.43. The zero-order valence-corrected chi connectivity index (χ0v) is 15.5. The van der Waals surface area contributed by atoms with Crippen molar-refractivity contribution in [2.75, 3.05) is 26.3 Å². The van der Waals surface area contributed by atoms with Crippen molar-refractivity contribution in [3.05, 3.63) is 34.9 Å². The summed E-state index contributed by atoms with van der Waals surface area (Å²) in [6.45, 7) is 2.37. The lowest BCUT2D eigenvalue weighted by molar-refractivity contribution is -0.143. The van der Waals surface area contributed by atoms with E-state index in [1.807, 2.05) is 29.2 Å². The largest absolute Gasteiger partial charge is 0.481 e. The normalized spacial score (nSPS) is 26.5. The Balaban J connectivity index is 1.55. The van der Waals surface area contributed by atoms with Gasteiger partial charge in [0.2, 0.25) is 5.91 Å². The van der Waals surface area contributed by atoms with Gasteiger partial charge in [-0.05, 0) is 49.1 Å². The molecule has 3 aliphatic rings. The zero-order valence-electron chi connectivity index (χ0n) is 14.7. The minimum absolute atomic E-state index is 0.0736. The number of amides is 1. The van der Waals surface area contributed by atoms with Gasteiger partial charge in [-0.3, -0.25) is 9.59 Å². The summed E-state index contributed by atoms with van der Waals surface area (Å²) in [4.78, 5) is 26.8. The molecule has 2 aliphatic heterocycles. The van der Waals surface area contributed by atoms with Gasteiger partial charge in [-0.1, -0.05) is 29.8 Å². The highest BCUT2D eigenvalue weighted by molar-refractivity contribution is 6.31. The van der Waals surface area contributed by atoms with E-state index >= 15 is 0 Å². The van der Waals surface area contributed by atoms with Crippen molar-refractivity contribution in [3.8, 4) is 0 Å². The van der Waals surface area contributed by atoms with Crippen LogP contribution in [0.4, 0.5) is 0 Å². The van der Waals surface area contributed by atoms with Crippen LogP contribution < -0.4 is 0 Å². The smallest absolute Gasteiger partial charge is 0.307 e. The van der Waals surface area contributed by atoms with Gasteiger partial charge in [0, 0.05) is 31.3 Å². The molecule has 6 heteroatoms. The first-order chi connectivity index (χ1) is 12.5. The first-order valence-electron chi connectivity index (χ1n) is 9.33. The van der Waals surface area contributed by atoms with Crippen LogP contribution >= 0.6 is 11.6 Å². The monoisotopic (exact) mass is 377 g/mol. The number of hydrogen-bond acceptors (Lipinski definition) is 3. The van der Waals surface area contributed by atoms with Gasteiger partial charge in [-0.25, -0.2) is 0 Å². The van der Waals surface area contributed by atoms with E-state index in [4.69, 9.17) is 16.3 Å². The standard InChI is InChI=1S/C20H24ClNO4/c21-16-4-2-1-3-14(16)20(7-11-26-12-8-20)18(25)22-9-5-19(6-10-22)13-15(19)17(23)24/h1-4,15H,5-13H2,(H,23,24). The number of benzene rings is 1. The van der Waals surface area contributed by atoms with E-state index in [0.29, 0.717) is 44.2 Å². The number of carbonyl (C=O) groups is 2. The summed E-state index contributed by atoms with van der Waals surface area (Å²) in [5.74, 6) is -0.793. The van der Waals surface area contributed by atoms with Gasteiger partial charge >= 0.3 is 5.97 Å². The Bertz CT molecular complexity index is 720. The Hall–Kier alpha value is -1.59. The second kappa shape index (κ2) is 6.54. The van der Waals surface area contributed by atoms with Crippen LogP contribution in [0.15, 0.2) is 24.3 Å². The van der Waals surface area contributed by atoms with Gasteiger partial charge in [0.15, 0.2) is 0 Å². The van der Waals surface area contributed by atoms with Crippen LogP contribution in [0.1, 0.15) is 37.7 Å². The fourth-order valence-electron chi connectivity index (χ4n) is 4.87. The van der Waals surface area contributed by atoms with Crippen LogP contribution in [-0.2, 0) is 19.7 Å². The molecule has 2 saturated heterocycles. The van der Waals surface area contributed by atoms with Crippen molar-refractivity contribution in [1.29, 1.82) is 0 Å². The molecule has 1 spiro atoms. The summed E-state index contributed by atoms with van der Waals surface area (Å²) >= 11 is 6.46. The lowest BCUT2D eigenvalue weighted by atomic mass is 9.72. The van der Waals surface area contributed by atoms with Crippen molar-refractivity contribution in [2.24, 2.45) is 11.3 Å². The van der Waals surface area contributed by atoms with Gasteiger partial charge in [0.1, 0.15) is 0 Å². The van der Waals surface area contributed by atoms with Gasteiger partial charge < -0.3 is 14.7 Å². The molecule has 1 aliphatic carbocycles. The molecule has 1 amide bonds. The van der Waals surface area contributed by atoms with Gasteiger partial charge in [-0.15, -0.1) is 0 Å².